The summed E-state index contributed by atoms with van der Waals surface area (Å²) < 4.78 is 0. The summed E-state index contributed by atoms with van der Waals surface area (Å²) in [4.78, 5) is 0. The van der Waals surface area contributed by atoms with Crippen molar-refractivity contribution in [2.75, 3.05) is 13.1 Å². The first kappa shape index (κ1) is 29.2. The zero-order valence-corrected chi connectivity index (χ0v) is 16.0. The zero-order chi connectivity index (χ0) is 4.83. The van der Waals surface area contributed by atoms with Crippen LogP contribution in [0.4, 0.5) is 0 Å². The molecule has 4 radical (unpaired) electrons. The molecule has 4 N–H and O–H groups in total. The monoisotopic (exact) mass is 180 g/mol. The fourth-order valence-corrected chi connectivity index (χ4v) is 0.289. The molecule has 0 unspecified atom stereocenters. The molecule has 0 aromatic heterocycles. The molecule has 6 heteroatoms. The summed E-state index contributed by atoms with van der Waals surface area (Å²) in [6.45, 7) is 1.55. The van der Waals surface area contributed by atoms with Crippen LogP contribution in [0, 0.1) is 0 Å². The van der Waals surface area contributed by atoms with Crippen molar-refractivity contribution in [3.8, 4) is 0 Å². The summed E-state index contributed by atoms with van der Waals surface area (Å²) in [5.74, 6) is 0. The van der Waals surface area contributed by atoms with Crippen LogP contribution in [0.25, 0.3) is 0 Å². The van der Waals surface area contributed by atoms with Crippen LogP contribution in [0.2, 0.25) is 0 Å². The molecule has 0 spiro atoms. The number of hydrogen-bond acceptors (Lipinski definition) is 2. The van der Waals surface area contributed by atoms with E-state index in [1.54, 1.807) is 0 Å². The van der Waals surface area contributed by atoms with E-state index < -0.39 is 0 Å². The first-order valence-corrected chi connectivity index (χ1v) is 2.32. The van der Waals surface area contributed by atoms with Crippen LogP contribution in [0.3, 0.4) is 0 Å². The molecule has 2 nitrogen and oxygen atoms in total. The molecule has 0 aliphatic heterocycles. The van der Waals surface area contributed by atoms with Gasteiger partial charge in [-0.15, -0.1) is 0 Å². The third-order valence-corrected chi connectivity index (χ3v) is 0.658. The fourth-order valence-electron chi connectivity index (χ4n) is 0.289. The van der Waals surface area contributed by atoms with Gasteiger partial charge >= 0.3 is 0 Å². The Morgan fingerprint density at radius 3 is 0.900 bits per heavy atom. The van der Waals surface area contributed by atoms with Crippen LogP contribution >= 0.6 is 0 Å². The Morgan fingerprint density at radius 1 is 0.600 bits per heavy atom. The van der Waals surface area contributed by atoms with Crippen LogP contribution in [-0.4, -0.2) is 131 Å². The Labute approximate surface area is 152 Å². The molecule has 0 rings (SSSR count). The van der Waals surface area contributed by atoms with Crippen molar-refractivity contribution < 1.29 is 0 Å². The molecule has 0 aliphatic rings. The van der Waals surface area contributed by atoms with Gasteiger partial charge in [-0.25, -0.2) is 0 Å². The predicted molar refractivity (Wildman–Crippen MR) is 50.4 cm³/mol. The molecule has 0 saturated heterocycles. The van der Waals surface area contributed by atoms with E-state index in [4.69, 9.17) is 11.5 Å². The second-order valence-electron chi connectivity index (χ2n) is 1.28. The molecule has 10 heavy (non-hydrogen) atoms. The van der Waals surface area contributed by atoms with Crippen molar-refractivity contribution in [1.82, 2.24) is 0 Å². The van der Waals surface area contributed by atoms with Gasteiger partial charge in [-0.1, -0.05) is 0 Å². The quantitative estimate of drug-likeness (QED) is 0.396. The standard InChI is InChI=1S/C4H12N2.4Na/c5-3-1-2-4-6;;;;/h1-6H2;;;;. The Hall–Kier alpha value is 3.92. The SMILES string of the molecule is NCCCCN.[Na].[Na].[Na].[Na]. The van der Waals surface area contributed by atoms with Crippen molar-refractivity contribution >= 4 is 118 Å². The molecule has 0 aromatic carbocycles. The maximum atomic E-state index is 5.16. The van der Waals surface area contributed by atoms with Gasteiger partial charge in [0, 0.05) is 118 Å². The second-order valence-corrected chi connectivity index (χ2v) is 1.28. The Balaban J connectivity index is -0.0000000208. The largest absolute Gasteiger partial charge is 0.330 e. The Kier molecular flexibility index (Phi) is 85.5. The fraction of sp³-hybridized carbons (Fsp3) is 1.00. The van der Waals surface area contributed by atoms with Gasteiger partial charge in [0.15, 0.2) is 0 Å². The number of rotatable bonds is 3. The molecule has 0 aromatic rings. The van der Waals surface area contributed by atoms with Gasteiger partial charge in [0.2, 0.25) is 0 Å². The van der Waals surface area contributed by atoms with Crippen LogP contribution in [-0.2, 0) is 0 Å². The van der Waals surface area contributed by atoms with Crippen molar-refractivity contribution in [2.45, 2.75) is 12.8 Å². The minimum atomic E-state index is 0. The Morgan fingerprint density at radius 2 is 0.800 bits per heavy atom. The van der Waals surface area contributed by atoms with Crippen molar-refractivity contribution in [2.24, 2.45) is 11.5 Å². The first-order chi connectivity index (χ1) is 2.91. The molecular weight excluding hydrogens is 168 g/mol. The van der Waals surface area contributed by atoms with E-state index in [0.717, 1.165) is 25.9 Å². The average molecular weight is 180 g/mol. The molecule has 0 saturated carbocycles. The topological polar surface area (TPSA) is 52.0 Å². The van der Waals surface area contributed by atoms with E-state index in [1.165, 1.54) is 0 Å². The van der Waals surface area contributed by atoms with Gasteiger partial charge in [-0.3, -0.25) is 0 Å². The Bertz CT molecular complexity index is 27.2. The van der Waals surface area contributed by atoms with E-state index in [-0.39, 0.29) is 118 Å². The summed E-state index contributed by atoms with van der Waals surface area (Å²) in [6, 6.07) is 0. The van der Waals surface area contributed by atoms with Gasteiger partial charge in [0.25, 0.3) is 0 Å². The third kappa shape index (κ3) is 29.7. The predicted octanol–water partition coefficient (Wildman–Crippen LogP) is -1.84. The molecule has 42 valence electrons. The summed E-state index contributed by atoms with van der Waals surface area (Å²) in [7, 11) is 0. The minimum absolute atomic E-state index is 0. The number of hydrogen-bond donors (Lipinski definition) is 2. The molecule has 0 bridgehead atoms. The van der Waals surface area contributed by atoms with Crippen molar-refractivity contribution in [3.05, 3.63) is 0 Å². The van der Waals surface area contributed by atoms with E-state index in [2.05, 4.69) is 0 Å². The molecule has 0 heterocycles. The minimum Gasteiger partial charge on any atom is -0.330 e. The van der Waals surface area contributed by atoms with Crippen LogP contribution in [0.15, 0.2) is 0 Å². The van der Waals surface area contributed by atoms with E-state index in [0.29, 0.717) is 0 Å². The van der Waals surface area contributed by atoms with Crippen LogP contribution in [0.1, 0.15) is 12.8 Å². The summed E-state index contributed by atoms with van der Waals surface area (Å²) >= 11 is 0. The smallest absolute Gasteiger partial charge is 0 e. The van der Waals surface area contributed by atoms with E-state index >= 15 is 0 Å². The van der Waals surface area contributed by atoms with Crippen LogP contribution < -0.4 is 11.5 Å². The molecule has 0 atom stereocenters. The van der Waals surface area contributed by atoms with Gasteiger partial charge in [0.05, 0.1) is 0 Å². The maximum Gasteiger partial charge on any atom is 0 e. The average Bonchev–Trinajstić information content (AvgIpc) is 1.61. The first-order valence-electron chi connectivity index (χ1n) is 2.32. The van der Waals surface area contributed by atoms with Gasteiger partial charge in [0.1, 0.15) is 0 Å². The molecule has 0 fully saturated rings. The second kappa shape index (κ2) is 29.3. The van der Waals surface area contributed by atoms with Crippen molar-refractivity contribution in [3.63, 3.8) is 0 Å². The van der Waals surface area contributed by atoms with Gasteiger partial charge in [-0.05, 0) is 25.9 Å². The van der Waals surface area contributed by atoms with E-state index in [9.17, 15) is 0 Å². The summed E-state index contributed by atoms with van der Waals surface area (Å²) in [6.07, 6.45) is 2.13. The third-order valence-electron chi connectivity index (χ3n) is 0.658. The summed E-state index contributed by atoms with van der Waals surface area (Å²) in [5.41, 5.74) is 10.3. The van der Waals surface area contributed by atoms with Gasteiger partial charge < -0.3 is 11.5 Å². The zero-order valence-electron chi connectivity index (χ0n) is 7.98. The van der Waals surface area contributed by atoms with E-state index in [1.807, 2.05) is 0 Å². The van der Waals surface area contributed by atoms with Crippen molar-refractivity contribution in [1.29, 1.82) is 0 Å². The summed E-state index contributed by atoms with van der Waals surface area (Å²) in [5, 5.41) is 0. The molecule has 0 amide bonds. The van der Waals surface area contributed by atoms with Crippen LogP contribution in [0.5, 0.6) is 0 Å². The number of unbranched alkanes of at least 4 members (excludes halogenated alkanes) is 1. The maximum absolute atomic E-state index is 5.16. The van der Waals surface area contributed by atoms with Gasteiger partial charge in [-0.2, -0.15) is 0 Å². The normalized spacial score (nSPS) is 5.40. The molecule has 0 aliphatic carbocycles. The molecular formula is C4H12N2Na4. The number of nitrogens with two attached hydrogens (primary N) is 2.